The minimum absolute atomic E-state index is 0.229. The Morgan fingerprint density at radius 3 is 2.68 bits per heavy atom. The average molecular weight is 377 g/mol. The Balaban J connectivity index is 1.91. The van der Waals surface area contributed by atoms with Crippen molar-refractivity contribution in [1.82, 2.24) is 5.32 Å². The minimum Gasteiger partial charge on any atom is -0.465 e. The van der Waals surface area contributed by atoms with Gasteiger partial charge in [0.1, 0.15) is 5.00 Å². The molecule has 134 valence electrons. The zero-order chi connectivity index (χ0) is 18.2. The summed E-state index contributed by atoms with van der Waals surface area (Å²) in [6, 6.07) is 12.5. The highest BCUT2D eigenvalue weighted by Crippen LogP contribution is 2.29. The van der Waals surface area contributed by atoms with Crippen molar-refractivity contribution in [2.24, 2.45) is 0 Å². The summed E-state index contributed by atoms with van der Waals surface area (Å²) < 4.78 is 4.85. The molecule has 0 radical (unpaired) electrons. The van der Waals surface area contributed by atoms with Crippen LogP contribution in [-0.4, -0.2) is 24.2 Å². The largest absolute Gasteiger partial charge is 0.465 e. The van der Waals surface area contributed by atoms with E-state index in [1.165, 1.54) is 24.0 Å². The number of esters is 1. The molecule has 0 aliphatic heterocycles. The van der Waals surface area contributed by atoms with E-state index in [1.54, 1.807) is 0 Å². The molecule has 2 aromatic rings. The van der Waals surface area contributed by atoms with Crippen molar-refractivity contribution in [3.63, 3.8) is 0 Å². The third-order valence-electron chi connectivity index (χ3n) is 3.85. The van der Waals surface area contributed by atoms with Crippen LogP contribution in [0, 0.1) is 0 Å². The highest BCUT2D eigenvalue weighted by Gasteiger charge is 2.17. The Morgan fingerprint density at radius 2 is 2.04 bits per heavy atom. The number of carbonyl (C=O) groups excluding carboxylic acids is 1. The van der Waals surface area contributed by atoms with Gasteiger partial charge in [0.25, 0.3) is 0 Å². The van der Waals surface area contributed by atoms with Crippen LogP contribution in [-0.2, 0) is 17.6 Å². The van der Waals surface area contributed by atoms with Gasteiger partial charge >= 0.3 is 5.97 Å². The van der Waals surface area contributed by atoms with Crippen LogP contribution in [0.2, 0.25) is 0 Å². The zero-order valence-corrected chi connectivity index (χ0v) is 16.4. The highest BCUT2D eigenvalue weighted by atomic mass is 32.1. The zero-order valence-electron chi connectivity index (χ0n) is 14.8. The third kappa shape index (κ3) is 5.83. The molecule has 0 bridgehead atoms. The summed E-state index contributed by atoms with van der Waals surface area (Å²) in [5.41, 5.74) is 1.85. The van der Waals surface area contributed by atoms with E-state index in [1.807, 2.05) is 12.1 Å². The normalized spacial score (nSPS) is 11.6. The third-order valence-corrected chi connectivity index (χ3v) is 5.27. The van der Waals surface area contributed by atoms with Crippen LogP contribution < -0.4 is 10.6 Å². The number of methoxy groups -OCH3 is 1. The Labute approximate surface area is 158 Å². The van der Waals surface area contributed by atoms with Crippen LogP contribution in [0.1, 0.15) is 41.1 Å². The molecule has 0 saturated carbocycles. The van der Waals surface area contributed by atoms with Crippen molar-refractivity contribution in [3.8, 4) is 0 Å². The van der Waals surface area contributed by atoms with E-state index in [-0.39, 0.29) is 12.0 Å². The summed E-state index contributed by atoms with van der Waals surface area (Å²) in [4.78, 5) is 13.0. The van der Waals surface area contributed by atoms with Gasteiger partial charge in [-0.3, -0.25) is 0 Å². The van der Waals surface area contributed by atoms with Crippen molar-refractivity contribution in [3.05, 3.63) is 52.4 Å². The molecule has 2 N–H and O–H groups in total. The second-order valence-corrected chi connectivity index (χ2v) is 7.37. The molecular formula is C19H24N2O2S2. The smallest absolute Gasteiger partial charge is 0.340 e. The van der Waals surface area contributed by atoms with Crippen LogP contribution in [0.5, 0.6) is 0 Å². The van der Waals surface area contributed by atoms with Crippen molar-refractivity contribution in [1.29, 1.82) is 0 Å². The lowest BCUT2D eigenvalue weighted by atomic mass is 10.1. The molecule has 1 aromatic heterocycles. The fourth-order valence-electron chi connectivity index (χ4n) is 2.43. The number of hydrogen-bond acceptors (Lipinski definition) is 4. The Bertz CT molecular complexity index is 713. The molecule has 0 fully saturated rings. The number of benzene rings is 1. The van der Waals surface area contributed by atoms with E-state index in [2.05, 4.69) is 48.7 Å². The van der Waals surface area contributed by atoms with E-state index < -0.39 is 0 Å². The average Bonchev–Trinajstić information content (AvgIpc) is 3.03. The maximum atomic E-state index is 11.9. The molecular weight excluding hydrogens is 352 g/mol. The van der Waals surface area contributed by atoms with Gasteiger partial charge in [-0.2, -0.15) is 0 Å². The van der Waals surface area contributed by atoms with E-state index in [0.717, 1.165) is 29.1 Å². The van der Waals surface area contributed by atoms with Crippen LogP contribution >= 0.6 is 23.6 Å². The summed E-state index contributed by atoms with van der Waals surface area (Å²) in [7, 11) is 1.39. The summed E-state index contributed by atoms with van der Waals surface area (Å²) in [6.07, 6.45) is 2.83. The molecule has 1 aromatic carbocycles. The molecule has 4 nitrogen and oxygen atoms in total. The fraction of sp³-hybridized carbons (Fsp3) is 0.368. The Kier molecular flexibility index (Phi) is 7.40. The van der Waals surface area contributed by atoms with Gasteiger partial charge in [0, 0.05) is 10.9 Å². The minimum atomic E-state index is -0.349. The van der Waals surface area contributed by atoms with Gasteiger partial charge in [0.15, 0.2) is 5.11 Å². The molecule has 0 amide bonds. The predicted molar refractivity (Wildman–Crippen MR) is 109 cm³/mol. The van der Waals surface area contributed by atoms with Gasteiger partial charge < -0.3 is 15.4 Å². The molecule has 0 saturated heterocycles. The molecule has 1 heterocycles. The second-order valence-electron chi connectivity index (χ2n) is 5.82. The van der Waals surface area contributed by atoms with E-state index in [4.69, 9.17) is 17.0 Å². The van der Waals surface area contributed by atoms with Gasteiger partial charge in [-0.1, -0.05) is 37.3 Å². The number of ether oxygens (including phenoxy) is 1. The monoisotopic (exact) mass is 376 g/mol. The number of nitrogens with one attached hydrogen (secondary N) is 2. The lowest BCUT2D eigenvalue weighted by Crippen LogP contribution is -2.36. The number of carbonyl (C=O) groups is 1. The Hall–Kier alpha value is -1.92. The molecule has 1 unspecified atom stereocenters. The molecule has 0 aliphatic rings. The summed E-state index contributed by atoms with van der Waals surface area (Å²) in [6.45, 7) is 4.16. The number of anilines is 1. The predicted octanol–water partition coefficient (Wildman–Crippen LogP) is 4.40. The van der Waals surface area contributed by atoms with Crippen molar-refractivity contribution >= 4 is 39.6 Å². The first-order valence-electron chi connectivity index (χ1n) is 8.36. The van der Waals surface area contributed by atoms with E-state index in [9.17, 15) is 4.79 Å². The maximum Gasteiger partial charge on any atom is 0.340 e. The SMILES string of the molecule is CCc1cc(C(=O)OC)c(NC(=S)NC(C)CCc2ccccc2)s1. The number of thiophene rings is 1. The van der Waals surface area contributed by atoms with Crippen LogP contribution in [0.15, 0.2) is 36.4 Å². The highest BCUT2D eigenvalue weighted by molar-refractivity contribution is 7.80. The first kappa shape index (κ1) is 19.4. The first-order valence-corrected chi connectivity index (χ1v) is 9.58. The van der Waals surface area contributed by atoms with Crippen LogP contribution in [0.4, 0.5) is 5.00 Å². The van der Waals surface area contributed by atoms with Gasteiger partial charge in [0.2, 0.25) is 0 Å². The van der Waals surface area contributed by atoms with Gasteiger partial charge in [-0.25, -0.2) is 4.79 Å². The van der Waals surface area contributed by atoms with E-state index >= 15 is 0 Å². The molecule has 1 atom stereocenters. The summed E-state index contributed by atoms with van der Waals surface area (Å²) >= 11 is 6.93. The molecule has 6 heteroatoms. The van der Waals surface area contributed by atoms with Crippen LogP contribution in [0.3, 0.4) is 0 Å². The van der Waals surface area contributed by atoms with Gasteiger partial charge in [0.05, 0.1) is 12.7 Å². The van der Waals surface area contributed by atoms with Crippen molar-refractivity contribution in [2.75, 3.05) is 12.4 Å². The van der Waals surface area contributed by atoms with Gasteiger partial charge in [-0.15, -0.1) is 11.3 Å². The Morgan fingerprint density at radius 1 is 1.32 bits per heavy atom. The fourth-order valence-corrected chi connectivity index (χ4v) is 3.79. The quantitative estimate of drug-likeness (QED) is 0.554. The van der Waals surface area contributed by atoms with E-state index in [0.29, 0.717) is 10.7 Å². The van der Waals surface area contributed by atoms with Crippen molar-refractivity contribution < 1.29 is 9.53 Å². The maximum absolute atomic E-state index is 11.9. The summed E-state index contributed by atoms with van der Waals surface area (Å²) in [5, 5.41) is 7.69. The van der Waals surface area contributed by atoms with Gasteiger partial charge in [-0.05, 0) is 50.0 Å². The lowest BCUT2D eigenvalue weighted by Gasteiger charge is -2.17. The lowest BCUT2D eigenvalue weighted by molar-refractivity contribution is 0.0602. The number of aryl methyl sites for hydroxylation is 2. The molecule has 0 aliphatic carbocycles. The molecule has 0 spiro atoms. The van der Waals surface area contributed by atoms with Crippen molar-refractivity contribution in [2.45, 2.75) is 39.2 Å². The topological polar surface area (TPSA) is 50.4 Å². The first-order chi connectivity index (χ1) is 12.0. The summed E-state index contributed by atoms with van der Waals surface area (Å²) in [5.74, 6) is -0.349. The number of thiocarbonyl (C=S) groups is 1. The van der Waals surface area contributed by atoms with Crippen LogP contribution in [0.25, 0.3) is 0 Å². The number of hydrogen-bond donors (Lipinski definition) is 2. The second kappa shape index (κ2) is 9.53. The number of rotatable bonds is 7. The standard InChI is InChI=1S/C19H24N2O2S2/c1-4-15-12-16(18(22)23-3)17(25-15)21-19(24)20-13(2)10-11-14-8-6-5-7-9-14/h5-9,12-13H,4,10-11H2,1-3H3,(H2,20,21,24). The molecule has 25 heavy (non-hydrogen) atoms. The molecule has 2 rings (SSSR count).